The van der Waals surface area contributed by atoms with Crippen LogP contribution >= 0.6 is 0 Å². The topological polar surface area (TPSA) is 406 Å². The maximum absolute atomic E-state index is 14.5. The van der Waals surface area contributed by atoms with Crippen LogP contribution in [-0.2, 0) is 54.4 Å². The standard InChI is InChI=1S/C50H81N13O13/c1-8-30(6)42(55-31(7)65)49(75)58-36(25-28(2)3)45(71)56-34(13-9-10-21-51)44(70)57-35(19-20-40(67)68)50(76)63-24-11-14-39(63)47(73)61-41(29(4)5)48(74)59-37(26-32-15-17-33(66)18-16-32)46(72)60-38(27-64)43(69)53-22-12-23-54-62-52/h15-18,28-30,34-39,41-42,64,66H,8-14,19-27,51H2,1-7H3,(H,53,69)(H,55,65)(H,56,71)(H,57,70)(H,58,75)(H,59,74)(H,60,72)(H,61,73)(H,67,68)/t30-,34-,35-,36-,37-,38-,39-,41-,42-/m0/s1. The second kappa shape index (κ2) is 33.8. The Morgan fingerprint density at radius 1 is 0.750 bits per heavy atom. The van der Waals surface area contributed by atoms with Crippen molar-refractivity contribution in [3.05, 3.63) is 40.3 Å². The second-order valence-corrected chi connectivity index (χ2v) is 19.8. The predicted octanol–water partition coefficient (Wildman–Crippen LogP) is -0.110. The molecule has 26 nitrogen and oxygen atoms in total. The van der Waals surface area contributed by atoms with Crippen molar-refractivity contribution in [2.45, 2.75) is 167 Å². The average molecular weight is 1070 g/mol. The highest BCUT2D eigenvalue weighted by Crippen LogP contribution is 2.22. The third-order valence-electron chi connectivity index (χ3n) is 12.7. The zero-order valence-corrected chi connectivity index (χ0v) is 44.8. The van der Waals surface area contributed by atoms with Crippen molar-refractivity contribution in [1.29, 1.82) is 0 Å². The molecule has 0 aliphatic carbocycles. The number of amides is 9. The van der Waals surface area contributed by atoms with E-state index in [2.05, 4.69) is 52.6 Å². The number of benzene rings is 1. The first-order valence-corrected chi connectivity index (χ1v) is 26.0. The number of likely N-dealkylation sites (tertiary alicyclic amines) is 1. The number of nitrogens with two attached hydrogens (primary N) is 1. The number of aromatic hydroxyl groups is 1. The van der Waals surface area contributed by atoms with Gasteiger partial charge >= 0.3 is 5.97 Å². The SMILES string of the molecule is CC[C@H](C)[C@H](NC(C)=O)C(=O)N[C@@H](CC(C)C)C(=O)N[C@@H](CCCCN)C(=O)N[C@@H](CCC(=O)O)C(=O)N1CCC[C@H]1C(=O)N[C@H](C(=O)N[C@@H](Cc1ccc(O)cc1)C(=O)N[C@@H](CO)C(=O)NCCCN=[N+]=[N-])C(C)C. The number of carbonyl (C=O) groups excluding carboxylic acids is 9. The van der Waals surface area contributed by atoms with E-state index in [1.54, 1.807) is 20.8 Å². The third-order valence-corrected chi connectivity index (χ3v) is 12.7. The summed E-state index contributed by atoms with van der Waals surface area (Å²) in [5.74, 6) is -8.97. The van der Waals surface area contributed by atoms with Gasteiger partial charge in [-0.1, -0.05) is 65.2 Å². The molecule has 0 bridgehead atoms. The number of nitrogens with one attached hydrogen (secondary N) is 8. The summed E-state index contributed by atoms with van der Waals surface area (Å²) in [7, 11) is 0. The number of rotatable bonds is 34. The van der Waals surface area contributed by atoms with E-state index < -0.39 is 133 Å². The number of aliphatic carboxylic acids is 1. The molecular weight excluding hydrogens is 991 g/mol. The maximum Gasteiger partial charge on any atom is 0.303 e. The molecule has 0 aromatic heterocycles. The van der Waals surface area contributed by atoms with Gasteiger partial charge in [-0.05, 0) is 98.9 Å². The lowest BCUT2D eigenvalue weighted by molar-refractivity contribution is -0.144. The normalized spacial score (nSPS) is 16.2. The number of azide groups is 1. The van der Waals surface area contributed by atoms with E-state index >= 15 is 0 Å². The lowest BCUT2D eigenvalue weighted by Gasteiger charge is -2.32. The van der Waals surface area contributed by atoms with Crippen LogP contribution in [0.15, 0.2) is 29.4 Å². The summed E-state index contributed by atoms with van der Waals surface area (Å²) < 4.78 is 0. The minimum atomic E-state index is -1.50. The quantitative estimate of drug-likeness (QED) is 0.0186. The van der Waals surface area contributed by atoms with E-state index in [0.717, 1.165) is 0 Å². The smallest absolute Gasteiger partial charge is 0.303 e. The molecule has 0 spiro atoms. The Hall–Kier alpha value is -7.05. The van der Waals surface area contributed by atoms with Crippen molar-refractivity contribution in [3.8, 4) is 5.75 Å². The molecule has 9 amide bonds. The number of hydrogen-bond acceptors (Lipinski definition) is 14. The Balaban J connectivity index is 2.40. The highest BCUT2D eigenvalue weighted by molar-refractivity contribution is 5.98. The summed E-state index contributed by atoms with van der Waals surface area (Å²) in [5.41, 5.74) is 14.7. The minimum Gasteiger partial charge on any atom is -0.508 e. The number of nitrogens with zero attached hydrogens (tertiary/aromatic N) is 4. The first kappa shape index (κ1) is 65.1. The van der Waals surface area contributed by atoms with Crippen LogP contribution in [0, 0.1) is 17.8 Å². The van der Waals surface area contributed by atoms with Crippen molar-refractivity contribution in [2.24, 2.45) is 28.6 Å². The number of carboxylic acids is 1. The fraction of sp³-hybridized carbons (Fsp3) is 0.680. The van der Waals surface area contributed by atoms with Gasteiger partial charge in [0.15, 0.2) is 0 Å². The molecule has 76 heavy (non-hydrogen) atoms. The van der Waals surface area contributed by atoms with Crippen LogP contribution < -0.4 is 48.3 Å². The first-order chi connectivity index (χ1) is 36.0. The van der Waals surface area contributed by atoms with Gasteiger partial charge in [0, 0.05) is 44.3 Å². The van der Waals surface area contributed by atoms with Gasteiger partial charge in [0.2, 0.25) is 53.2 Å². The molecule has 0 radical (unpaired) electrons. The van der Waals surface area contributed by atoms with Crippen LogP contribution in [0.4, 0.5) is 0 Å². The molecule has 1 aliphatic rings. The molecule has 1 aromatic carbocycles. The third kappa shape index (κ3) is 22.4. The number of aliphatic hydroxyl groups is 1. The maximum atomic E-state index is 14.5. The van der Waals surface area contributed by atoms with Gasteiger partial charge in [-0.3, -0.25) is 47.9 Å². The molecule has 9 atom stereocenters. The van der Waals surface area contributed by atoms with Crippen LogP contribution in [0.1, 0.15) is 118 Å². The van der Waals surface area contributed by atoms with E-state index in [1.165, 1.54) is 36.1 Å². The Morgan fingerprint density at radius 3 is 1.92 bits per heavy atom. The molecule has 2 rings (SSSR count). The number of aliphatic hydroxyl groups excluding tert-OH is 1. The van der Waals surface area contributed by atoms with Crippen molar-refractivity contribution >= 4 is 59.1 Å². The van der Waals surface area contributed by atoms with E-state index in [0.29, 0.717) is 31.2 Å². The molecule has 0 saturated carbocycles. The average Bonchev–Trinajstić information content (AvgIpc) is 3.87. The predicted molar refractivity (Wildman–Crippen MR) is 278 cm³/mol. The number of unbranched alkanes of at least 4 members (excludes halogenated alkanes) is 1. The molecule has 1 aliphatic heterocycles. The molecule has 0 unspecified atom stereocenters. The summed E-state index contributed by atoms with van der Waals surface area (Å²) in [4.78, 5) is 139. The Kier molecular flexibility index (Phi) is 28.9. The Morgan fingerprint density at radius 2 is 1.34 bits per heavy atom. The molecule has 13 N–H and O–H groups in total. The summed E-state index contributed by atoms with van der Waals surface area (Å²) in [6, 6.07) is -4.50. The number of phenolic OH excluding ortho intramolecular Hbond substituents is 1. The minimum absolute atomic E-state index is 0.0144. The van der Waals surface area contributed by atoms with E-state index in [4.69, 9.17) is 11.3 Å². The van der Waals surface area contributed by atoms with Gasteiger partial charge in [-0.2, -0.15) is 0 Å². The molecule has 26 heteroatoms. The lowest BCUT2D eigenvalue weighted by atomic mass is 9.96. The van der Waals surface area contributed by atoms with E-state index in [9.17, 15) is 63.3 Å². The summed E-state index contributed by atoms with van der Waals surface area (Å²) in [5, 5.41) is 53.9. The number of carbonyl (C=O) groups is 10. The van der Waals surface area contributed by atoms with Gasteiger partial charge in [0.05, 0.1) is 6.61 Å². The highest BCUT2D eigenvalue weighted by atomic mass is 16.4. The fourth-order valence-electron chi connectivity index (χ4n) is 8.34. The lowest BCUT2D eigenvalue weighted by Crippen LogP contribution is -2.61. The Bertz CT molecular complexity index is 2170. The molecule has 1 saturated heterocycles. The summed E-state index contributed by atoms with van der Waals surface area (Å²) in [6.45, 7) is 11.4. The first-order valence-electron chi connectivity index (χ1n) is 26.0. The van der Waals surface area contributed by atoms with Crippen LogP contribution in [0.5, 0.6) is 5.75 Å². The Labute approximate surface area is 443 Å². The van der Waals surface area contributed by atoms with Gasteiger partial charge in [-0.25, -0.2) is 0 Å². The summed E-state index contributed by atoms with van der Waals surface area (Å²) in [6.07, 6.45) is 1.12. The highest BCUT2D eigenvalue weighted by Gasteiger charge is 2.41. The monoisotopic (exact) mass is 1070 g/mol. The van der Waals surface area contributed by atoms with Gasteiger partial charge < -0.3 is 68.5 Å². The number of carboxylic acid groups (broad SMARTS) is 1. The largest absolute Gasteiger partial charge is 0.508 e. The molecular formula is C50H81N13O13. The molecule has 1 heterocycles. The fourth-order valence-corrected chi connectivity index (χ4v) is 8.34. The van der Waals surface area contributed by atoms with Crippen molar-refractivity contribution in [2.75, 3.05) is 32.8 Å². The zero-order chi connectivity index (χ0) is 57.1. The van der Waals surface area contributed by atoms with Crippen molar-refractivity contribution in [3.63, 3.8) is 0 Å². The number of phenols is 1. The van der Waals surface area contributed by atoms with Gasteiger partial charge in [-0.15, -0.1) is 0 Å². The zero-order valence-electron chi connectivity index (χ0n) is 44.8. The molecule has 1 aromatic rings. The van der Waals surface area contributed by atoms with Crippen molar-refractivity contribution < 1.29 is 63.3 Å². The van der Waals surface area contributed by atoms with Crippen LogP contribution in [0.2, 0.25) is 0 Å². The number of hydrogen-bond donors (Lipinski definition) is 12. The summed E-state index contributed by atoms with van der Waals surface area (Å²) >= 11 is 0. The molecule has 1 fully saturated rings. The second-order valence-electron chi connectivity index (χ2n) is 19.8. The van der Waals surface area contributed by atoms with Crippen LogP contribution in [0.3, 0.4) is 0 Å². The van der Waals surface area contributed by atoms with Gasteiger partial charge in [0.25, 0.3) is 0 Å². The molecule has 424 valence electrons. The van der Waals surface area contributed by atoms with Crippen LogP contribution in [0.25, 0.3) is 10.4 Å². The van der Waals surface area contributed by atoms with Gasteiger partial charge in [0.1, 0.15) is 54.1 Å². The van der Waals surface area contributed by atoms with Crippen LogP contribution in [-0.4, -0.2) is 160 Å². The van der Waals surface area contributed by atoms with E-state index in [-0.39, 0.29) is 75.9 Å². The van der Waals surface area contributed by atoms with Crippen molar-refractivity contribution in [1.82, 2.24) is 47.4 Å². The van der Waals surface area contributed by atoms with E-state index in [1.807, 2.05) is 20.8 Å².